The Hall–Kier alpha value is -4.46. The summed E-state index contributed by atoms with van der Waals surface area (Å²) in [5.41, 5.74) is 1.44. The fraction of sp³-hybridized carbons (Fsp3) is 0.120. The standard InChI is InChI=1S/C25H20N2O6/c1-33-20-13-9-18(10-14-20)23(28)21-22(17-7-11-19(12-8-17)27(31)32)26(25(30)24(21)29)15-16-5-3-2-4-6-16/h2-14,22,28H,15H2,1H3. The molecule has 1 atom stereocenters. The number of benzene rings is 3. The Morgan fingerprint density at radius 1 is 1.00 bits per heavy atom. The maximum atomic E-state index is 13.1. The maximum absolute atomic E-state index is 13.1. The van der Waals surface area contributed by atoms with E-state index in [4.69, 9.17) is 4.74 Å². The summed E-state index contributed by atoms with van der Waals surface area (Å²) in [5, 5.41) is 22.1. The average Bonchev–Trinajstić information content (AvgIpc) is 3.09. The summed E-state index contributed by atoms with van der Waals surface area (Å²) in [6.45, 7) is 0.131. The van der Waals surface area contributed by atoms with Crippen LogP contribution >= 0.6 is 0 Å². The van der Waals surface area contributed by atoms with Gasteiger partial charge in [-0.2, -0.15) is 0 Å². The molecule has 1 aliphatic rings. The van der Waals surface area contributed by atoms with Crippen molar-refractivity contribution in [3.8, 4) is 5.75 Å². The summed E-state index contributed by atoms with van der Waals surface area (Å²) in [5.74, 6) is -1.32. The number of rotatable bonds is 6. The van der Waals surface area contributed by atoms with Crippen LogP contribution in [0.4, 0.5) is 5.69 Å². The highest BCUT2D eigenvalue weighted by Crippen LogP contribution is 2.40. The van der Waals surface area contributed by atoms with Gasteiger partial charge in [0.2, 0.25) is 0 Å². The van der Waals surface area contributed by atoms with Crippen LogP contribution in [0.2, 0.25) is 0 Å². The number of ketones is 1. The first kappa shape index (κ1) is 21.8. The van der Waals surface area contributed by atoms with Crippen molar-refractivity contribution in [3.63, 3.8) is 0 Å². The zero-order valence-electron chi connectivity index (χ0n) is 17.7. The van der Waals surface area contributed by atoms with Crippen LogP contribution in [0.5, 0.6) is 5.75 Å². The molecule has 0 saturated carbocycles. The fourth-order valence-electron chi connectivity index (χ4n) is 3.85. The molecule has 8 nitrogen and oxygen atoms in total. The second-order valence-corrected chi connectivity index (χ2v) is 7.49. The van der Waals surface area contributed by atoms with Crippen molar-refractivity contribution in [2.75, 3.05) is 7.11 Å². The number of hydrogen-bond acceptors (Lipinski definition) is 6. The van der Waals surface area contributed by atoms with E-state index in [9.17, 15) is 24.8 Å². The van der Waals surface area contributed by atoms with Crippen molar-refractivity contribution >= 4 is 23.1 Å². The number of amides is 1. The first-order valence-corrected chi connectivity index (χ1v) is 10.1. The summed E-state index contributed by atoms with van der Waals surface area (Å²) in [6.07, 6.45) is 0. The third kappa shape index (κ3) is 4.18. The number of aliphatic hydroxyl groups is 1. The highest BCUT2D eigenvalue weighted by molar-refractivity contribution is 6.46. The summed E-state index contributed by atoms with van der Waals surface area (Å²) < 4.78 is 5.13. The Morgan fingerprint density at radius 2 is 1.64 bits per heavy atom. The van der Waals surface area contributed by atoms with Crippen LogP contribution in [0.1, 0.15) is 22.7 Å². The number of likely N-dealkylation sites (tertiary alicyclic amines) is 1. The third-order valence-electron chi connectivity index (χ3n) is 5.52. The number of Topliss-reactive ketones (excluding diaryl/α,β-unsaturated/α-hetero) is 1. The van der Waals surface area contributed by atoms with E-state index in [1.165, 1.54) is 36.3 Å². The molecule has 0 bridgehead atoms. The molecule has 3 aromatic carbocycles. The molecule has 166 valence electrons. The van der Waals surface area contributed by atoms with E-state index in [0.717, 1.165) is 5.56 Å². The SMILES string of the molecule is COc1ccc(C(O)=C2C(=O)C(=O)N(Cc3ccccc3)C2c2ccc([N+](=O)[O-])cc2)cc1. The van der Waals surface area contributed by atoms with Crippen molar-refractivity contribution in [3.05, 3.63) is 111 Å². The zero-order chi connectivity index (χ0) is 23.5. The highest BCUT2D eigenvalue weighted by atomic mass is 16.6. The van der Waals surface area contributed by atoms with Crippen LogP contribution < -0.4 is 4.74 Å². The number of carbonyl (C=O) groups is 2. The Labute approximate surface area is 189 Å². The molecule has 33 heavy (non-hydrogen) atoms. The lowest BCUT2D eigenvalue weighted by molar-refractivity contribution is -0.384. The van der Waals surface area contributed by atoms with Gasteiger partial charge in [-0.15, -0.1) is 0 Å². The number of non-ortho nitro benzene ring substituents is 1. The maximum Gasteiger partial charge on any atom is 0.295 e. The molecule has 0 spiro atoms. The summed E-state index contributed by atoms with van der Waals surface area (Å²) >= 11 is 0. The molecular formula is C25H20N2O6. The van der Waals surface area contributed by atoms with Gasteiger partial charge in [-0.05, 0) is 47.5 Å². The van der Waals surface area contributed by atoms with E-state index in [1.54, 1.807) is 24.3 Å². The molecule has 1 N–H and O–H groups in total. The summed E-state index contributed by atoms with van der Waals surface area (Å²) in [7, 11) is 1.51. The predicted octanol–water partition coefficient (Wildman–Crippen LogP) is 4.23. The van der Waals surface area contributed by atoms with Gasteiger partial charge in [0.25, 0.3) is 17.4 Å². The molecule has 1 fully saturated rings. The number of nitrogens with zero attached hydrogens (tertiary/aromatic N) is 2. The number of nitro benzene ring substituents is 1. The van der Waals surface area contributed by atoms with Crippen molar-refractivity contribution in [2.24, 2.45) is 0 Å². The molecule has 0 radical (unpaired) electrons. The molecule has 1 heterocycles. The van der Waals surface area contributed by atoms with Crippen LogP contribution in [0.3, 0.4) is 0 Å². The van der Waals surface area contributed by atoms with Gasteiger partial charge in [-0.3, -0.25) is 19.7 Å². The molecule has 1 aliphatic heterocycles. The van der Waals surface area contributed by atoms with E-state index >= 15 is 0 Å². The lowest BCUT2D eigenvalue weighted by Crippen LogP contribution is -2.29. The Balaban J connectivity index is 1.84. The molecule has 0 aromatic heterocycles. The van der Waals surface area contributed by atoms with Gasteiger partial charge in [0, 0.05) is 24.2 Å². The topological polar surface area (TPSA) is 110 Å². The van der Waals surface area contributed by atoms with Crippen LogP contribution in [0.15, 0.2) is 84.4 Å². The number of ether oxygens (including phenoxy) is 1. The smallest absolute Gasteiger partial charge is 0.295 e. The minimum absolute atomic E-state index is 0.0741. The van der Waals surface area contributed by atoms with Gasteiger partial charge >= 0.3 is 0 Å². The fourth-order valence-corrected chi connectivity index (χ4v) is 3.85. The molecule has 8 heteroatoms. The molecule has 0 aliphatic carbocycles. The normalized spacial score (nSPS) is 17.2. The van der Waals surface area contributed by atoms with E-state index in [-0.39, 0.29) is 23.6 Å². The average molecular weight is 444 g/mol. The van der Waals surface area contributed by atoms with Crippen molar-refractivity contribution in [2.45, 2.75) is 12.6 Å². The predicted molar refractivity (Wildman–Crippen MR) is 120 cm³/mol. The van der Waals surface area contributed by atoms with E-state index in [2.05, 4.69) is 0 Å². The van der Waals surface area contributed by atoms with Gasteiger partial charge in [0.15, 0.2) is 0 Å². The number of nitro groups is 1. The number of methoxy groups -OCH3 is 1. The van der Waals surface area contributed by atoms with Crippen LogP contribution in [0.25, 0.3) is 5.76 Å². The first-order chi connectivity index (χ1) is 15.9. The van der Waals surface area contributed by atoms with Gasteiger partial charge in [-0.25, -0.2) is 0 Å². The minimum Gasteiger partial charge on any atom is -0.507 e. The molecular weight excluding hydrogens is 424 g/mol. The molecule has 4 rings (SSSR count). The Morgan fingerprint density at radius 3 is 2.21 bits per heavy atom. The number of aliphatic hydroxyl groups excluding tert-OH is 1. The van der Waals surface area contributed by atoms with Gasteiger partial charge in [-0.1, -0.05) is 30.3 Å². The largest absolute Gasteiger partial charge is 0.507 e. The molecule has 3 aromatic rings. The summed E-state index contributed by atoms with van der Waals surface area (Å²) in [4.78, 5) is 38.0. The van der Waals surface area contributed by atoms with E-state index in [1.807, 2.05) is 30.3 Å². The lowest BCUT2D eigenvalue weighted by atomic mass is 9.95. The number of hydrogen-bond donors (Lipinski definition) is 1. The zero-order valence-corrected chi connectivity index (χ0v) is 17.7. The monoisotopic (exact) mass is 444 g/mol. The molecule has 1 saturated heterocycles. The first-order valence-electron chi connectivity index (χ1n) is 10.1. The van der Waals surface area contributed by atoms with Crippen LogP contribution in [-0.2, 0) is 16.1 Å². The quantitative estimate of drug-likeness (QED) is 0.200. The molecule has 1 amide bonds. The van der Waals surface area contributed by atoms with E-state index in [0.29, 0.717) is 16.9 Å². The summed E-state index contributed by atoms with van der Waals surface area (Å²) in [6, 6.07) is 20.3. The van der Waals surface area contributed by atoms with Crippen molar-refractivity contribution in [1.29, 1.82) is 0 Å². The second-order valence-electron chi connectivity index (χ2n) is 7.49. The lowest BCUT2D eigenvalue weighted by Gasteiger charge is -2.25. The van der Waals surface area contributed by atoms with Crippen LogP contribution in [0, 0.1) is 10.1 Å². The Bertz CT molecular complexity index is 1230. The Kier molecular flexibility index (Phi) is 5.91. The molecule has 1 unspecified atom stereocenters. The third-order valence-corrected chi connectivity index (χ3v) is 5.52. The van der Waals surface area contributed by atoms with Crippen molar-refractivity contribution < 1.29 is 24.4 Å². The van der Waals surface area contributed by atoms with Gasteiger partial charge < -0.3 is 14.7 Å². The number of carbonyl (C=O) groups excluding carboxylic acids is 2. The minimum atomic E-state index is -0.909. The van der Waals surface area contributed by atoms with Gasteiger partial charge in [0.1, 0.15) is 11.5 Å². The second kappa shape index (κ2) is 8.96. The highest BCUT2D eigenvalue weighted by Gasteiger charge is 2.46. The van der Waals surface area contributed by atoms with Crippen LogP contribution in [-0.4, -0.2) is 33.7 Å². The van der Waals surface area contributed by atoms with Crippen molar-refractivity contribution in [1.82, 2.24) is 4.90 Å². The van der Waals surface area contributed by atoms with Gasteiger partial charge in [0.05, 0.1) is 23.6 Å². The van der Waals surface area contributed by atoms with E-state index < -0.39 is 22.7 Å².